The number of methoxy groups -OCH3 is 1. The zero-order chi connectivity index (χ0) is 13.1. The SMILES string of the molecule is COc1cccc(C2(CN3CCNCC3)CCC2)c1. The standard InChI is InChI=1S/C16H24N2O/c1-19-15-5-2-4-14(12-15)16(6-3-7-16)13-18-10-8-17-9-11-18/h2,4-5,12,17H,3,6-11,13H2,1H3. The summed E-state index contributed by atoms with van der Waals surface area (Å²) >= 11 is 0. The van der Waals surface area contributed by atoms with Crippen LogP contribution in [0, 0.1) is 0 Å². The van der Waals surface area contributed by atoms with Crippen LogP contribution in [0.15, 0.2) is 24.3 Å². The van der Waals surface area contributed by atoms with Gasteiger partial charge < -0.3 is 10.1 Å². The smallest absolute Gasteiger partial charge is 0.119 e. The van der Waals surface area contributed by atoms with E-state index in [0.29, 0.717) is 5.41 Å². The van der Waals surface area contributed by atoms with E-state index < -0.39 is 0 Å². The van der Waals surface area contributed by atoms with E-state index in [2.05, 4.69) is 28.4 Å². The molecule has 1 aromatic carbocycles. The van der Waals surface area contributed by atoms with Crippen molar-refractivity contribution in [2.24, 2.45) is 0 Å². The second-order valence-corrected chi connectivity index (χ2v) is 5.89. The number of hydrogen-bond acceptors (Lipinski definition) is 3. The second-order valence-electron chi connectivity index (χ2n) is 5.89. The predicted molar refractivity (Wildman–Crippen MR) is 77.8 cm³/mol. The van der Waals surface area contributed by atoms with Crippen molar-refractivity contribution in [3.05, 3.63) is 29.8 Å². The van der Waals surface area contributed by atoms with E-state index in [9.17, 15) is 0 Å². The summed E-state index contributed by atoms with van der Waals surface area (Å²) in [7, 11) is 1.75. The highest BCUT2D eigenvalue weighted by atomic mass is 16.5. The van der Waals surface area contributed by atoms with Crippen molar-refractivity contribution in [1.82, 2.24) is 10.2 Å². The van der Waals surface area contributed by atoms with Crippen LogP contribution in [0.5, 0.6) is 5.75 Å². The molecular weight excluding hydrogens is 236 g/mol. The molecule has 1 heterocycles. The minimum Gasteiger partial charge on any atom is -0.497 e. The highest BCUT2D eigenvalue weighted by Gasteiger charge is 2.40. The molecule has 1 N–H and O–H groups in total. The Morgan fingerprint density at radius 3 is 2.68 bits per heavy atom. The van der Waals surface area contributed by atoms with Crippen LogP contribution in [0.2, 0.25) is 0 Å². The molecule has 0 amide bonds. The van der Waals surface area contributed by atoms with Crippen LogP contribution in [0.25, 0.3) is 0 Å². The van der Waals surface area contributed by atoms with E-state index in [1.807, 2.05) is 6.07 Å². The van der Waals surface area contributed by atoms with Gasteiger partial charge in [0, 0.05) is 38.1 Å². The minimum atomic E-state index is 0.381. The molecule has 0 atom stereocenters. The molecule has 1 aliphatic carbocycles. The normalized spacial score (nSPS) is 22.8. The Hall–Kier alpha value is -1.06. The number of benzene rings is 1. The molecule has 0 bridgehead atoms. The lowest BCUT2D eigenvalue weighted by Gasteiger charge is -2.46. The summed E-state index contributed by atoms with van der Waals surface area (Å²) in [5, 5.41) is 3.43. The molecule has 2 fully saturated rings. The summed E-state index contributed by atoms with van der Waals surface area (Å²) < 4.78 is 5.38. The number of ether oxygens (including phenoxy) is 1. The third-order valence-electron chi connectivity index (χ3n) is 4.73. The quantitative estimate of drug-likeness (QED) is 0.896. The molecule has 1 saturated heterocycles. The first-order valence-electron chi connectivity index (χ1n) is 7.40. The second kappa shape index (κ2) is 5.51. The van der Waals surface area contributed by atoms with Crippen molar-refractivity contribution in [3.8, 4) is 5.75 Å². The monoisotopic (exact) mass is 260 g/mol. The van der Waals surface area contributed by atoms with Gasteiger partial charge in [-0.25, -0.2) is 0 Å². The number of piperazine rings is 1. The maximum atomic E-state index is 5.38. The third-order valence-corrected chi connectivity index (χ3v) is 4.73. The van der Waals surface area contributed by atoms with E-state index in [1.54, 1.807) is 7.11 Å². The molecule has 3 rings (SSSR count). The van der Waals surface area contributed by atoms with Gasteiger partial charge in [0.1, 0.15) is 5.75 Å². The molecular formula is C16H24N2O. The van der Waals surface area contributed by atoms with Crippen LogP contribution in [0.1, 0.15) is 24.8 Å². The van der Waals surface area contributed by atoms with Gasteiger partial charge >= 0.3 is 0 Å². The van der Waals surface area contributed by atoms with E-state index in [4.69, 9.17) is 4.74 Å². The summed E-state index contributed by atoms with van der Waals surface area (Å²) in [4.78, 5) is 2.62. The van der Waals surface area contributed by atoms with Gasteiger partial charge in [0.05, 0.1) is 7.11 Å². The van der Waals surface area contributed by atoms with Gasteiger partial charge in [-0.1, -0.05) is 18.6 Å². The van der Waals surface area contributed by atoms with Crippen LogP contribution in [-0.4, -0.2) is 44.7 Å². The summed E-state index contributed by atoms with van der Waals surface area (Å²) in [6.45, 7) is 5.85. The number of hydrogen-bond donors (Lipinski definition) is 1. The maximum Gasteiger partial charge on any atom is 0.119 e. The van der Waals surface area contributed by atoms with Crippen molar-refractivity contribution in [2.45, 2.75) is 24.7 Å². The lowest BCUT2D eigenvalue weighted by atomic mass is 9.64. The van der Waals surface area contributed by atoms with Gasteiger partial charge in [0.25, 0.3) is 0 Å². The lowest BCUT2D eigenvalue weighted by molar-refractivity contribution is 0.128. The van der Waals surface area contributed by atoms with E-state index in [0.717, 1.165) is 18.8 Å². The van der Waals surface area contributed by atoms with Gasteiger partial charge in [-0.15, -0.1) is 0 Å². The van der Waals surface area contributed by atoms with E-state index in [-0.39, 0.29) is 0 Å². The predicted octanol–water partition coefficient (Wildman–Crippen LogP) is 2.02. The van der Waals surface area contributed by atoms with Crippen molar-refractivity contribution >= 4 is 0 Å². The lowest BCUT2D eigenvalue weighted by Crippen LogP contribution is -2.51. The largest absolute Gasteiger partial charge is 0.497 e. The molecule has 104 valence electrons. The molecule has 19 heavy (non-hydrogen) atoms. The third kappa shape index (κ3) is 2.63. The Balaban J connectivity index is 1.77. The molecule has 0 radical (unpaired) electrons. The molecule has 3 nitrogen and oxygen atoms in total. The average Bonchev–Trinajstić information content (AvgIpc) is 2.44. The van der Waals surface area contributed by atoms with Gasteiger partial charge in [0.15, 0.2) is 0 Å². The first-order valence-corrected chi connectivity index (χ1v) is 7.40. The van der Waals surface area contributed by atoms with Gasteiger partial charge in [-0.05, 0) is 30.5 Å². The van der Waals surface area contributed by atoms with Crippen molar-refractivity contribution in [2.75, 3.05) is 39.8 Å². The fraction of sp³-hybridized carbons (Fsp3) is 0.625. The van der Waals surface area contributed by atoms with Crippen LogP contribution in [0.4, 0.5) is 0 Å². The summed E-state index contributed by atoms with van der Waals surface area (Å²) in [6.07, 6.45) is 4.01. The van der Waals surface area contributed by atoms with E-state index >= 15 is 0 Å². The van der Waals surface area contributed by atoms with Gasteiger partial charge in [0.2, 0.25) is 0 Å². The number of nitrogens with zero attached hydrogens (tertiary/aromatic N) is 1. The Kier molecular flexibility index (Phi) is 3.76. The highest BCUT2D eigenvalue weighted by molar-refractivity contribution is 5.36. The molecule has 2 aliphatic rings. The van der Waals surface area contributed by atoms with Gasteiger partial charge in [-0.2, -0.15) is 0 Å². The van der Waals surface area contributed by atoms with Crippen LogP contribution in [-0.2, 0) is 5.41 Å². The Morgan fingerprint density at radius 1 is 1.26 bits per heavy atom. The topological polar surface area (TPSA) is 24.5 Å². The Bertz CT molecular complexity index is 423. The number of nitrogens with one attached hydrogen (secondary N) is 1. The minimum absolute atomic E-state index is 0.381. The Morgan fingerprint density at radius 2 is 2.05 bits per heavy atom. The molecule has 1 aromatic rings. The molecule has 0 aromatic heterocycles. The van der Waals surface area contributed by atoms with E-state index in [1.165, 1.54) is 44.5 Å². The summed E-state index contributed by atoms with van der Waals surface area (Å²) in [6, 6.07) is 8.69. The molecule has 1 aliphatic heterocycles. The Labute approximate surface area is 115 Å². The van der Waals surface area contributed by atoms with Crippen LogP contribution in [0.3, 0.4) is 0 Å². The zero-order valence-corrected chi connectivity index (χ0v) is 11.8. The van der Waals surface area contributed by atoms with Crippen molar-refractivity contribution < 1.29 is 4.74 Å². The van der Waals surface area contributed by atoms with Crippen LogP contribution < -0.4 is 10.1 Å². The van der Waals surface area contributed by atoms with Gasteiger partial charge in [-0.3, -0.25) is 4.90 Å². The summed E-state index contributed by atoms with van der Waals surface area (Å²) in [5.41, 5.74) is 1.85. The molecule has 0 spiro atoms. The average molecular weight is 260 g/mol. The number of rotatable bonds is 4. The highest BCUT2D eigenvalue weighted by Crippen LogP contribution is 2.45. The fourth-order valence-corrected chi connectivity index (χ4v) is 3.39. The molecule has 1 saturated carbocycles. The first-order chi connectivity index (χ1) is 9.32. The fourth-order valence-electron chi connectivity index (χ4n) is 3.39. The van der Waals surface area contributed by atoms with Crippen molar-refractivity contribution in [3.63, 3.8) is 0 Å². The first kappa shape index (κ1) is 12.9. The molecule has 3 heteroatoms. The van der Waals surface area contributed by atoms with Crippen molar-refractivity contribution in [1.29, 1.82) is 0 Å². The molecule has 0 unspecified atom stereocenters. The zero-order valence-electron chi connectivity index (χ0n) is 11.8. The van der Waals surface area contributed by atoms with Crippen LogP contribution >= 0.6 is 0 Å². The maximum absolute atomic E-state index is 5.38. The summed E-state index contributed by atoms with van der Waals surface area (Å²) in [5.74, 6) is 0.990.